The lowest BCUT2D eigenvalue weighted by atomic mass is 10.1. The molecule has 1 aromatic carbocycles. The molecule has 1 aliphatic heterocycles. The zero-order valence-corrected chi connectivity index (χ0v) is 13.1. The van der Waals surface area contributed by atoms with Crippen molar-refractivity contribution in [1.82, 2.24) is 10.2 Å². The maximum Gasteiger partial charge on any atom is 0.324 e. The number of carbonyl (C=O) groups is 2. The molecule has 2 rings (SSSR count). The van der Waals surface area contributed by atoms with Gasteiger partial charge < -0.3 is 10.2 Å². The fourth-order valence-corrected chi connectivity index (χ4v) is 2.49. The molecule has 0 saturated carbocycles. The van der Waals surface area contributed by atoms with Crippen molar-refractivity contribution in [2.75, 3.05) is 6.54 Å². The van der Waals surface area contributed by atoms with E-state index in [9.17, 15) is 27.2 Å². The van der Waals surface area contributed by atoms with Gasteiger partial charge in [-0.05, 0) is 18.9 Å². The molecule has 1 aliphatic rings. The lowest BCUT2D eigenvalue weighted by molar-refractivity contribution is -0.142. The number of rotatable bonds is 6. The molecule has 8 heteroatoms. The predicted octanol–water partition coefficient (Wildman–Crippen LogP) is 2.50. The molecule has 4 nitrogen and oxygen atoms in total. The van der Waals surface area contributed by atoms with E-state index in [1.54, 1.807) is 12.1 Å². The van der Waals surface area contributed by atoms with E-state index in [-0.39, 0.29) is 25.3 Å². The van der Waals surface area contributed by atoms with E-state index >= 15 is 0 Å². The summed E-state index contributed by atoms with van der Waals surface area (Å²) in [6, 6.07) is 6.40. The molecule has 1 unspecified atom stereocenters. The zero-order chi connectivity index (χ0) is 17.9. The van der Waals surface area contributed by atoms with Crippen molar-refractivity contribution in [2.45, 2.75) is 44.7 Å². The topological polar surface area (TPSA) is 49.4 Å². The number of benzene rings is 1. The standard InChI is InChI=1S/C16H18F4N2O2/c1-10-2-4-11(5-3-10)8-22-12(6-7-13(22)23)14(24)21-9-16(19,20)15(17)18/h2-5,12,15H,6-9H2,1H3,(H,21,24). The maximum atomic E-state index is 12.9. The van der Waals surface area contributed by atoms with Gasteiger partial charge in [-0.1, -0.05) is 29.8 Å². The third-order valence-corrected chi connectivity index (χ3v) is 3.92. The van der Waals surface area contributed by atoms with Crippen LogP contribution in [0.3, 0.4) is 0 Å². The van der Waals surface area contributed by atoms with Crippen LogP contribution in [0.25, 0.3) is 0 Å². The smallest absolute Gasteiger partial charge is 0.324 e. The van der Waals surface area contributed by atoms with Crippen molar-refractivity contribution < 1.29 is 27.2 Å². The van der Waals surface area contributed by atoms with Gasteiger partial charge in [-0.2, -0.15) is 8.78 Å². The minimum Gasteiger partial charge on any atom is -0.348 e. The predicted molar refractivity (Wildman–Crippen MR) is 78.7 cm³/mol. The Hall–Kier alpha value is -2.12. The zero-order valence-electron chi connectivity index (χ0n) is 13.1. The summed E-state index contributed by atoms with van der Waals surface area (Å²) in [6.45, 7) is 0.624. The van der Waals surface area contributed by atoms with E-state index < -0.39 is 30.8 Å². The normalized spacial score (nSPS) is 18.3. The minimum atomic E-state index is -4.29. The van der Waals surface area contributed by atoms with Crippen LogP contribution in [-0.4, -0.2) is 41.6 Å². The first-order chi connectivity index (χ1) is 11.2. The van der Waals surface area contributed by atoms with Gasteiger partial charge in [0.05, 0.1) is 6.54 Å². The number of aryl methyl sites for hydroxylation is 1. The summed E-state index contributed by atoms with van der Waals surface area (Å²) in [4.78, 5) is 25.3. The van der Waals surface area contributed by atoms with Gasteiger partial charge in [0.1, 0.15) is 6.04 Å². The fourth-order valence-electron chi connectivity index (χ4n) is 2.49. The number of carbonyl (C=O) groups excluding carboxylic acids is 2. The average Bonchev–Trinajstić information content (AvgIpc) is 2.88. The molecule has 0 aromatic heterocycles. The molecular weight excluding hydrogens is 328 g/mol. The van der Waals surface area contributed by atoms with Crippen molar-refractivity contribution in [3.8, 4) is 0 Å². The molecule has 1 heterocycles. The Kier molecular flexibility index (Phi) is 5.46. The number of halogens is 4. The SMILES string of the molecule is Cc1ccc(CN2C(=O)CCC2C(=O)NCC(F)(F)C(F)F)cc1. The third kappa shape index (κ3) is 4.24. The second-order valence-corrected chi connectivity index (χ2v) is 5.84. The van der Waals surface area contributed by atoms with Gasteiger partial charge in [-0.15, -0.1) is 0 Å². The Bertz CT molecular complexity index is 605. The van der Waals surface area contributed by atoms with Gasteiger partial charge in [-0.3, -0.25) is 9.59 Å². The summed E-state index contributed by atoms with van der Waals surface area (Å²) >= 11 is 0. The van der Waals surface area contributed by atoms with Crippen molar-refractivity contribution >= 4 is 11.8 Å². The van der Waals surface area contributed by atoms with E-state index in [1.165, 1.54) is 4.90 Å². The second kappa shape index (κ2) is 7.19. The highest BCUT2D eigenvalue weighted by Gasteiger charge is 2.42. The van der Waals surface area contributed by atoms with Crippen LogP contribution in [-0.2, 0) is 16.1 Å². The van der Waals surface area contributed by atoms with Crippen LogP contribution in [0.5, 0.6) is 0 Å². The largest absolute Gasteiger partial charge is 0.348 e. The van der Waals surface area contributed by atoms with E-state index in [1.807, 2.05) is 24.4 Å². The third-order valence-electron chi connectivity index (χ3n) is 3.92. The Morgan fingerprint density at radius 1 is 1.33 bits per heavy atom. The van der Waals surface area contributed by atoms with E-state index in [0.717, 1.165) is 11.1 Å². The summed E-state index contributed by atoms with van der Waals surface area (Å²) in [7, 11) is 0. The molecule has 24 heavy (non-hydrogen) atoms. The van der Waals surface area contributed by atoms with Crippen molar-refractivity contribution in [1.29, 1.82) is 0 Å². The first kappa shape index (κ1) is 18.2. The number of hydrogen-bond acceptors (Lipinski definition) is 2. The van der Waals surface area contributed by atoms with Crippen LogP contribution < -0.4 is 5.32 Å². The van der Waals surface area contributed by atoms with Gasteiger partial charge in [0.15, 0.2) is 0 Å². The number of likely N-dealkylation sites (tertiary alicyclic amines) is 1. The molecule has 1 N–H and O–H groups in total. The molecule has 1 fully saturated rings. The molecule has 1 saturated heterocycles. The molecule has 132 valence electrons. The molecule has 0 bridgehead atoms. The summed E-state index contributed by atoms with van der Waals surface area (Å²) in [5.41, 5.74) is 1.83. The highest BCUT2D eigenvalue weighted by Crippen LogP contribution is 2.24. The summed E-state index contributed by atoms with van der Waals surface area (Å²) < 4.78 is 50.1. The number of amides is 2. The molecule has 0 radical (unpaired) electrons. The van der Waals surface area contributed by atoms with Crippen molar-refractivity contribution in [3.05, 3.63) is 35.4 Å². The van der Waals surface area contributed by atoms with E-state index in [0.29, 0.717) is 0 Å². The van der Waals surface area contributed by atoms with Crippen LogP contribution in [0.4, 0.5) is 17.6 Å². The van der Waals surface area contributed by atoms with Crippen LogP contribution in [0, 0.1) is 6.92 Å². The Morgan fingerprint density at radius 3 is 2.54 bits per heavy atom. The van der Waals surface area contributed by atoms with E-state index in [2.05, 4.69) is 0 Å². The Labute approximate surface area is 136 Å². The van der Waals surface area contributed by atoms with Crippen LogP contribution in [0.1, 0.15) is 24.0 Å². The number of nitrogens with one attached hydrogen (secondary N) is 1. The lowest BCUT2D eigenvalue weighted by Crippen LogP contribution is -2.49. The van der Waals surface area contributed by atoms with Crippen LogP contribution in [0.15, 0.2) is 24.3 Å². The summed E-state index contributed by atoms with van der Waals surface area (Å²) in [5.74, 6) is -5.40. The summed E-state index contributed by atoms with van der Waals surface area (Å²) in [6.07, 6.45) is -3.56. The Morgan fingerprint density at radius 2 is 1.96 bits per heavy atom. The minimum absolute atomic E-state index is 0.120. The average molecular weight is 346 g/mol. The molecule has 2 amide bonds. The number of hydrogen-bond donors (Lipinski definition) is 1. The molecular formula is C16H18F4N2O2. The molecule has 0 aliphatic carbocycles. The maximum absolute atomic E-state index is 12.9. The number of nitrogens with zero attached hydrogens (tertiary/aromatic N) is 1. The summed E-state index contributed by atoms with van der Waals surface area (Å²) in [5, 5.41) is 1.83. The van der Waals surface area contributed by atoms with Gasteiger partial charge in [0.25, 0.3) is 0 Å². The quantitative estimate of drug-likeness (QED) is 0.805. The molecule has 1 aromatic rings. The first-order valence-electron chi connectivity index (χ1n) is 7.49. The van der Waals surface area contributed by atoms with Crippen LogP contribution in [0.2, 0.25) is 0 Å². The Balaban J connectivity index is 2.01. The van der Waals surface area contributed by atoms with E-state index in [4.69, 9.17) is 0 Å². The van der Waals surface area contributed by atoms with Gasteiger partial charge in [-0.25, -0.2) is 8.78 Å². The second-order valence-electron chi connectivity index (χ2n) is 5.84. The lowest BCUT2D eigenvalue weighted by Gasteiger charge is -2.25. The van der Waals surface area contributed by atoms with Gasteiger partial charge >= 0.3 is 12.3 Å². The van der Waals surface area contributed by atoms with Gasteiger partial charge in [0, 0.05) is 13.0 Å². The van der Waals surface area contributed by atoms with Crippen molar-refractivity contribution in [2.24, 2.45) is 0 Å². The monoisotopic (exact) mass is 346 g/mol. The highest BCUT2D eigenvalue weighted by atomic mass is 19.3. The van der Waals surface area contributed by atoms with Crippen LogP contribution >= 0.6 is 0 Å². The van der Waals surface area contributed by atoms with Gasteiger partial charge in [0.2, 0.25) is 11.8 Å². The fraction of sp³-hybridized carbons (Fsp3) is 0.500. The molecule has 1 atom stereocenters. The first-order valence-corrected chi connectivity index (χ1v) is 7.49. The van der Waals surface area contributed by atoms with Crippen molar-refractivity contribution in [3.63, 3.8) is 0 Å². The highest BCUT2D eigenvalue weighted by molar-refractivity contribution is 5.90. The number of alkyl halides is 4. The molecule has 0 spiro atoms.